The highest BCUT2D eigenvalue weighted by Gasteiger charge is 2.28. The van der Waals surface area contributed by atoms with Gasteiger partial charge < -0.3 is 23.8 Å². The maximum absolute atomic E-state index is 6.36. The van der Waals surface area contributed by atoms with Crippen LogP contribution < -0.4 is 9.64 Å². The van der Waals surface area contributed by atoms with E-state index in [-0.39, 0.29) is 12.5 Å². The van der Waals surface area contributed by atoms with Gasteiger partial charge in [-0.2, -0.15) is 5.10 Å². The second-order valence-corrected chi connectivity index (χ2v) is 11.3. The first-order valence-electron chi connectivity index (χ1n) is 13.7. The molecule has 0 saturated carbocycles. The van der Waals surface area contributed by atoms with Crippen molar-refractivity contribution in [1.82, 2.24) is 9.78 Å². The van der Waals surface area contributed by atoms with Crippen LogP contribution >= 0.6 is 15.9 Å². The number of ether oxygens (including phenoxy) is 4. The van der Waals surface area contributed by atoms with Gasteiger partial charge in [0.25, 0.3) is 0 Å². The Kier molecular flexibility index (Phi) is 7.75. The van der Waals surface area contributed by atoms with Gasteiger partial charge in [0, 0.05) is 67.6 Å². The van der Waals surface area contributed by atoms with Crippen molar-refractivity contribution < 1.29 is 18.9 Å². The van der Waals surface area contributed by atoms with Crippen molar-refractivity contribution in [2.24, 2.45) is 5.92 Å². The number of fused-ring (bicyclic) bond motifs is 3. The van der Waals surface area contributed by atoms with Gasteiger partial charge in [0.1, 0.15) is 5.75 Å². The molecule has 2 aromatic carbocycles. The second-order valence-electron chi connectivity index (χ2n) is 10.4. The molecule has 3 aromatic rings. The van der Waals surface area contributed by atoms with Gasteiger partial charge in [0.15, 0.2) is 12.5 Å². The van der Waals surface area contributed by atoms with Crippen LogP contribution in [0.15, 0.2) is 47.1 Å². The molecular formula is C30H36BrN3O4. The summed E-state index contributed by atoms with van der Waals surface area (Å²) in [6.45, 7) is 3.42. The summed E-state index contributed by atoms with van der Waals surface area (Å²) in [5.41, 5.74) is 5.79. The van der Waals surface area contributed by atoms with Crippen LogP contribution in [0, 0.1) is 5.92 Å². The highest BCUT2D eigenvalue weighted by molar-refractivity contribution is 9.11. The van der Waals surface area contributed by atoms with Crippen LogP contribution in [-0.4, -0.2) is 56.6 Å². The molecule has 2 fully saturated rings. The number of hydrogen-bond donors (Lipinski definition) is 0. The quantitative estimate of drug-likeness (QED) is 0.309. The minimum absolute atomic E-state index is 0.000630. The molecule has 0 aliphatic carbocycles. The second kappa shape index (κ2) is 11.4. The fourth-order valence-corrected chi connectivity index (χ4v) is 6.77. The van der Waals surface area contributed by atoms with E-state index >= 15 is 0 Å². The summed E-state index contributed by atoms with van der Waals surface area (Å²) in [6, 6.07) is 13.3. The molecule has 8 heteroatoms. The van der Waals surface area contributed by atoms with Crippen molar-refractivity contribution in [1.29, 1.82) is 0 Å². The molecule has 0 spiro atoms. The maximum atomic E-state index is 6.36. The third-order valence-electron chi connectivity index (χ3n) is 8.18. The van der Waals surface area contributed by atoms with E-state index in [2.05, 4.69) is 57.2 Å². The molecule has 0 N–H and O–H groups in total. The van der Waals surface area contributed by atoms with Gasteiger partial charge in [0.05, 0.1) is 23.7 Å². The number of piperidine rings is 1. The van der Waals surface area contributed by atoms with Crippen molar-refractivity contribution >= 4 is 38.1 Å². The lowest BCUT2D eigenvalue weighted by molar-refractivity contribution is -0.141. The molecule has 202 valence electrons. The molecule has 3 aliphatic rings. The van der Waals surface area contributed by atoms with Gasteiger partial charge in [-0.3, -0.25) is 0 Å². The third-order valence-corrected chi connectivity index (χ3v) is 8.97. The van der Waals surface area contributed by atoms with Crippen LogP contribution in [0.2, 0.25) is 0 Å². The van der Waals surface area contributed by atoms with Crippen LogP contribution in [0.3, 0.4) is 0 Å². The van der Waals surface area contributed by atoms with E-state index in [1.54, 1.807) is 14.2 Å². The number of aromatic nitrogens is 2. The van der Waals surface area contributed by atoms with Crippen LogP contribution in [0.1, 0.15) is 55.9 Å². The molecule has 38 heavy (non-hydrogen) atoms. The Morgan fingerprint density at radius 2 is 1.76 bits per heavy atom. The molecule has 1 aromatic heterocycles. The molecule has 2 saturated heterocycles. The Hall–Kier alpha value is -2.39. The largest absolute Gasteiger partial charge is 0.492 e. The Labute approximate surface area is 232 Å². The number of nitrogens with zero attached hydrogens (tertiary/aromatic N) is 3. The van der Waals surface area contributed by atoms with E-state index in [1.165, 1.54) is 23.2 Å². The van der Waals surface area contributed by atoms with Gasteiger partial charge >= 0.3 is 0 Å². The van der Waals surface area contributed by atoms with Crippen molar-refractivity contribution in [3.63, 3.8) is 0 Å². The fraction of sp³-hybridized carbons (Fsp3) is 0.500. The summed E-state index contributed by atoms with van der Waals surface area (Å²) in [7, 11) is 3.45. The zero-order valence-corrected chi connectivity index (χ0v) is 23.8. The van der Waals surface area contributed by atoms with Crippen LogP contribution in [0.4, 0.5) is 5.69 Å². The van der Waals surface area contributed by atoms with E-state index in [0.717, 1.165) is 78.5 Å². The Morgan fingerprint density at radius 1 is 0.974 bits per heavy atom. The summed E-state index contributed by atoms with van der Waals surface area (Å²) < 4.78 is 26.6. The summed E-state index contributed by atoms with van der Waals surface area (Å²) in [5.74, 6) is 1.35. The van der Waals surface area contributed by atoms with Crippen LogP contribution in [-0.2, 0) is 14.2 Å². The number of rotatable bonds is 6. The fourth-order valence-electron chi connectivity index (χ4n) is 6.17. The Morgan fingerprint density at radius 3 is 2.47 bits per heavy atom. The van der Waals surface area contributed by atoms with Crippen LogP contribution in [0.25, 0.3) is 16.5 Å². The van der Waals surface area contributed by atoms with Gasteiger partial charge in [-0.1, -0.05) is 28.1 Å². The lowest BCUT2D eigenvalue weighted by Gasteiger charge is -2.36. The monoisotopic (exact) mass is 581 g/mol. The molecule has 6 rings (SSSR count). The predicted molar refractivity (Wildman–Crippen MR) is 153 cm³/mol. The summed E-state index contributed by atoms with van der Waals surface area (Å²) in [4.78, 5) is 2.46. The highest BCUT2D eigenvalue weighted by atomic mass is 79.9. The third kappa shape index (κ3) is 4.88. The Balaban J connectivity index is 1.27. The maximum Gasteiger partial charge on any atom is 0.159 e. The molecule has 0 amide bonds. The normalized spacial score (nSPS) is 21.1. The number of halogens is 1. The average Bonchev–Trinajstić information content (AvgIpc) is 3.33. The van der Waals surface area contributed by atoms with E-state index in [9.17, 15) is 0 Å². The minimum Gasteiger partial charge on any atom is -0.492 e. The lowest BCUT2D eigenvalue weighted by Crippen LogP contribution is -2.39. The first-order valence-corrected chi connectivity index (χ1v) is 14.5. The first-order chi connectivity index (χ1) is 18.7. The molecular weight excluding hydrogens is 546 g/mol. The van der Waals surface area contributed by atoms with E-state index in [4.69, 9.17) is 24.0 Å². The topological polar surface area (TPSA) is 58.0 Å². The van der Waals surface area contributed by atoms with Crippen LogP contribution in [0.5, 0.6) is 5.75 Å². The van der Waals surface area contributed by atoms with Crippen molar-refractivity contribution in [2.75, 3.05) is 45.4 Å². The standard InChI is InChI=1S/C30H36BrN3O4/c1-35-30(36-2)21-12-15-33(16-13-21)22-8-6-20(7-9-22)28-23-10-11-26-24(29(23)38-18-14-25(28)31)19-32-34(26)27-5-3-4-17-37-27/h6-11,19,21,27,30H,3-5,12-18H2,1-2H3. The Bertz CT molecular complexity index is 1290. The van der Waals surface area contributed by atoms with E-state index in [0.29, 0.717) is 12.5 Å². The van der Waals surface area contributed by atoms with E-state index in [1.807, 2.05) is 10.9 Å². The highest BCUT2D eigenvalue weighted by Crippen LogP contribution is 2.43. The average molecular weight is 583 g/mol. The first kappa shape index (κ1) is 25.9. The summed E-state index contributed by atoms with van der Waals surface area (Å²) >= 11 is 3.90. The molecule has 0 radical (unpaired) electrons. The van der Waals surface area contributed by atoms with Crippen molar-refractivity contribution in [2.45, 2.75) is 51.0 Å². The molecule has 4 heterocycles. The molecule has 7 nitrogen and oxygen atoms in total. The SMILES string of the molecule is COC(OC)C1CCN(c2ccc(C3=C(Br)CCOc4c3ccc3c4cnn3C3CCCCO3)cc2)CC1. The minimum atomic E-state index is -0.116. The summed E-state index contributed by atoms with van der Waals surface area (Å²) in [5, 5.41) is 5.77. The smallest absolute Gasteiger partial charge is 0.159 e. The molecule has 3 aliphatic heterocycles. The van der Waals surface area contributed by atoms with Gasteiger partial charge in [0.2, 0.25) is 0 Å². The number of anilines is 1. The zero-order chi connectivity index (χ0) is 26.1. The van der Waals surface area contributed by atoms with Gasteiger partial charge in [-0.15, -0.1) is 0 Å². The van der Waals surface area contributed by atoms with E-state index < -0.39 is 0 Å². The molecule has 0 bridgehead atoms. The number of methoxy groups -OCH3 is 2. The number of hydrogen-bond acceptors (Lipinski definition) is 6. The molecule has 1 atom stereocenters. The lowest BCUT2D eigenvalue weighted by atomic mass is 9.94. The molecule has 1 unspecified atom stereocenters. The number of benzene rings is 2. The van der Waals surface area contributed by atoms with Crippen molar-refractivity contribution in [3.05, 3.63) is 58.2 Å². The zero-order valence-electron chi connectivity index (χ0n) is 22.2. The van der Waals surface area contributed by atoms with Gasteiger partial charge in [-0.25, -0.2) is 4.68 Å². The summed E-state index contributed by atoms with van der Waals surface area (Å²) in [6.07, 6.45) is 8.05. The predicted octanol–water partition coefficient (Wildman–Crippen LogP) is 6.51. The van der Waals surface area contributed by atoms with Gasteiger partial charge in [-0.05, 0) is 61.9 Å². The van der Waals surface area contributed by atoms with Crippen molar-refractivity contribution in [3.8, 4) is 5.75 Å².